The van der Waals surface area contributed by atoms with Crippen LogP contribution in [0.4, 0.5) is 26.9 Å². The number of fused-ring (bicyclic) bond motifs is 1. The number of hydrogen-bond acceptors (Lipinski definition) is 6. The quantitative estimate of drug-likeness (QED) is 0.195. The number of anilines is 3. The summed E-state index contributed by atoms with van der Waals surface area (Å²) in [5.74, 6) is 1.88. The Morgan fingerprint density at radius 3 is 2.31 bits per heavy atom. The minimum atomic E-state index is -0.629. The van der Waals surface area contributed by atoms with Gasteiger partial charge < -0.3 is 14.8 Å². The molecule has 0 saturated heterocycles. The number of aromatic nitrogens is 3. The van der Waals surface area contributed by atoms with Gasteiger partial charge in [-0.2, -0.15) is 5.10 Å². The predicted octanol–water partition coefficient (Wildman–Crippen LogP) is 7.64. The zero-order chi connectivity index (χ0) is 29.9. The van der Waals surface area contributed by atoms with Gasteiger partial charge in [-0.25, -0.2) is 19.3 Å². The number of benzene rings is 3. The molecule has 10 heteroatoms. The van der Waals surface area contributed by atoms with Crippen LogP contribution in [0.1, 0.15) is 32.0 Å². The highest BCUT2D eigenvalue weighted by molar-refractivity contribution is 6.07. The number of hydrogen-bond donors (Lipinski definition) is 3. The average Bonchev–Trinajstić information content (AvgIpc) is 3.39. The monoisotopic (exact) mass is 564 g/mol. The second-order valence-electron chi connectivity index (χ2n) is 10.7. The van der Waals surface area contributed by atoms with Crippen LogP contribution in [0.5, 0.6) is 11.5 Å². The van der Waals surface area contributed by atoms with E-state index in [4.69, 9.17) is 9.84 Å². The minimum absolute atomic E-state index is 0.208. The van der Waals surface area contributed by atoms with Crippen molar-refractivity contribution in [3.8, 4) is 17.2 Å². The van der Waals surface area contributed by atoms with E-state index in [0.29, 0.717) is 23.0 Å². The van der Waals surface area contributed by atoms with Gasteiger partial charge in [-0.3, -0.25) is 10.6 Å². The first-order chi connectivity index (χ1) is 20.1. The molecule has 2 heterocycles. The Kier molecular flexibility index (Phi) is 7.79. The lowest BCUT2D eigenvalue weighted by Gasteiger charge is -2.14. The van der Waals surface area contributed by atoms with Crippen molar-refractivity contribution in [3.05, 3.63) is 96.3 Å². The molecule has 5 rings (SSSR count). The van der Waals surface area contributed by atoms with Crippen molar-refractivity contribution < 1.29 is 19.1 Å². The molecule has 3 N–H and O–H groups in total. The van der Waals surface area contributed by atoms with E-state index in [1.54, 1.807) is 28.9 Å². The third kappa shape index (κ3) is 6.33. The maximum atomic E-state index is 13.3. The normalized spacial score (nSPS) is 11.2. The molecule has 3 aromatic carbocycles. The molecule has 0 spiro atoms. The van der Waals surface area contributed by atoms with Crippen molar-refractivity contribution in [2.24, 2.45) is 0 Å². The largest absolute Gasteiger partial charge is 0.457 e. The Morgan fingerprint density at radius 2 is 1.60 bits per heavy atom. The van der Waals surface area contributed by atoms with Gasteiger partial charge in [0.05, 0.1) is 24.2 Å². The lowest BCUT2D eigenvalue weighted by atomic mass is 9.92. The molecule has 0 fully saturated rings. The smallest absolute Gasteiger partial charge is 0.412 e. The predicted molar refractivity (Wildman–Crippen MR) is 164 cm³/mol. The highest BCUT2D eigenvalue weighted by atomic mass is 16.5. The standard InChI is InChI=1S/C32H32N6O4/c1-20-10-12-21(13-11-20)38-29(19-27(37-38)32(2,3)4)36-30(39)34-25-14-15-26(24-9-7-6-8-23(24)25)42-22-16-17-33-28(18-22)35-31(40)41-5/h6-19H,1-5H3,(H,33,35,40)(H2,34,36,39). The molecule has 3 amide bonds. The molecule has 214 valence electrons. The molecule has 5 aromatic rings. The van der Waals surface area contributed by atoms with Crippen LogP contribution < -0.4 is 20.7 Å². The number of methoxy groups -OCH3 is 1. The summed E-state index contributed by atoms with van der Waals surface area (Å²) in [6, 6.07) is 23.9. The number of pyridine rings is 1. The lowest BCUT2D eigenvalue weighted by Crippen LogP contribution is -2.21. The maximum absolute atomic E-state index is 13.3. The van der Waals surface area contributed by atoms with Crippen LogP contribution in [0.2, 0.25) is 0 Å². The van der Waals surface area contributed by atoms with E-state index in [1.807, 2.05) is 61.5 Å². The summed E-state index contributed by atoms with van der Waals surface area (Å²) in [5, 5.41) is 14.8. The van der Waals surface area contributed by atoms with Gasteiger partial charge in [0.25, 0.3) is 0 Å². The van der Waals surface area contributed by atoms with Crippen LogP contribution >= 0.6 is 0 Å². The number of carbonyl (C=O) groups excluding carboxylic acids is 2. The first kappa shape index (κ1) is 28.2. The third-order valence-electron chi connectivity index (χ3n) is 6.50. The zero-order valence-corrected chi connectivity index (χ0v) is 24.1. The van der Waals surface area contributed by atoms with Crippen LogP contribution in [0.3, 0.4) is 0 Å². The van der Waals surface area contributed by atoms with E-state index in [1.165, 1.54) is 13.3 Å². The van der Waals surface area contributed by atoms with E-state index < -0.39 is 12.1 Å². The highest BCUT2D eigenvalue weighted by Crippen LogP contribution is 2.35. The summed E-state index contributed by atoms with van der Waals surface area (Å²) in [5.41, 5.74) is 3.23. The fourth-order valence-electron chi connectivity index (χ4n) is 4.28. The molecule has 0 atom stereocenters. The molecule has 0 unspecified atom stereocenters. The van der Waals surface area contributed by atoms with Crippen LogP contribution in [0, 0.1) is 6.92 Å². The number of amides is 3. The summed E-state index contributed by atoms with van der Waals surface area (Å²) >= 11 is 0. The van der Waals surface area contributed by atoms with Crippen LogP contribution in [0.15, 0.2) is 85.1 Å². The number of carbonyl (C=O) groups is 2. The summed E-state index contributed by atoms with van der Waals surface area (Å²) in [4.78, 5) is 29.0. The van der Waals surface area contributed by atoms with Crippen LogP contribution in [0.25, 0.3) is 16.5 Å². The molecule has 0 saturated carbocycles. The molecule has 0 bridgehead atoms. The van der Waals surface area contributed by atoms with Crippen LogP contribution in [-0.2, 0) is 10.2 Å². The Bertz CT molecular complexity index is 1760. The Balaban J connectivity index is 1.40. The SMILES string of the molecule is COC(=O)Nc1cc(Oc2ccc(NC(=O)Nc3cc(C(C)(C)C)nn3-c3ccc(C)cc3)c3ccccc23)ccn1. The van der Waals surface area contributed by atoms with Gasteiger partial charge >= 0.3 is 12.1 Å². The number of ether oxygens (including phenoxy) is 2. The second-order valence-corrected chi connectivity index (χ2v) is 10.7. The second kappa shape index (κ2) is 11.6. The summed E-state index contributed by atoms with van der Waals surface area (Å²) < 4.78 is 12.5. The van der Waals surface area contributed by atoms with Gasteiger partial charge in [0.2, 0.25) is 0 Å². The molecular formula is C32H32N6O4. The summed E-state index contributed by atoms with van der Waals surface area (Å²) in [6.45, 7) is 8.27. The van der Waals surface area contributed by atoms with Gasteiger partial charge in [-0.15, -0.1) is 0 Å². The lowest BCUT2D eigenvalue weighted by molar-refractivity contribution is 0.187. The van der Waals surface area contributed by atoms with Gasteiger partial charge in [0.15, 0.2) is 0 Å². The topological polar surface area (TPSA) is 119 Å². The van der Waals surface area contributed by atoms with E-state index in [2.05, 4.69) is 46.4 Å². The number of nitrogens with zero attached hydrogens (tertiary/aromatic N) is 3. The van der Waals surface area contributed by atoms with Crippen molar-refractivity contribution in [1.29, 1.82) is 0 Å². The first-order valence-electron chi connectivity index (χ1n) is 13.4. The Hall–Kier alpha value is -5.38. The average molecular weight is 565 g/mol. The minimum Gasteiger partial charge on any atom is -0.457 e. The molecule has 0 radical (unpaired) electrons. The molecular weight excluding hydrogens is 532 g/mol. The number of rotatable bonds is 6. The molecule has 2 aromatic heterocycles. The van der Waals surface area contributed by atoms with Gasteiger partial charge in [-0.1, -0.05) is 62.7 Å². The zero-order valence-electron chi connectivity index (χ0n) is 24.1. The first-order valence-corrected chi connectivity index (χ1v) is 13.4. The van der Waals surface area contributed by atoms with Crippen molar-refractivity contribution in [2.75, 3.05) is 23.1 Å². The Labute approximate surface area is 243 Å². The maximum Gasteiger partial charge on any atom is 0.412 e. The molecule has 0 aliphatic rings. The van der Waals surface area contributed by atoms with Crippen molar-refractivity contribution in [2.45, 2.75) is 33.1 Å². The Morgan fingerprint density at radius 1 is 0.857 bits per heavy atom. The van der Waals surface area contributed by atoms with Gasteiger partial charge in [-0.05, 0) is 37.3 Å². The highest BCUT2D eigenvalue weighted by Gasteiger charge is 2.22. The number of urea groups is 1. The van der Waals surface area contributed by atoms with Crippen molar-refractivity contribution >= 4 is 40.2 Å². The summed E-state index contributed by atoms with van der Waals surface area (Å²) in [6.07, 6.45) is 0.894. The molecule has 42 heavy (non-hydrogen) atoms. The molecule has 0 aliphatic heterocycles. The number of aryl methyl sites for hydroxylation is 1. The fraction of sp³-hybridized carbons (Fsp3) is 0.188. The van der Waals surface area contributed by atoms with E-state index in [0.717, 1.165) is 27.7 Å². The fourth-order valence-corrected chi connectivity index (χ4v) is 4.28. The van der Waals surface area contributed by atoms with Gasteiger partial charge in [0, 0.05) is 34.5 Å². The van der Waals surface area contributed by atoms with Crippen molar-refractivity contribution in [3.63, 3.8) is 0 Å². The van der Waals surface area contributed by atoms with Gasteiger partial charge in [0.1, 0.15) is 23.1 Å². The summed E-state index contributed by atoms with van der Waals surface area (Å²) in [7, 11) is 1.28. The van der Waals surface area contributed by atoms with Crippen LogP contribution in [-0.4, -0.2) is 34.0 Å². The van der Waals surface area contributed by atoms with Crippen molar-refractivity contribution in [1.82, 2.24) is 14.8 Å². The molecule has 10 nitrogen and oxygen atoms in total. The molecule has 0 aliphatic carbocycles. The van der Waals surface area contributed by atoms with E-state index in [9.17, 15) is 9.59 Å². The number of nitrogens with one attached hydrogen (secondary N) is 3. The third-order valence-corrected chi connectivity index (χ3v) is 6.50. The van der Waals surface area contributed by atoms with E-state index in [-0.39, 0.29) is 11.2 Å². The van der Waals surface area contributed by atoms with E-state index >= 15 is 0 Å².